The molecule has 2 rings (SSSR count). The van der Waals surface area contributed by atoms with Crippen molar-refractivity contribution in [3.63, 3.8) is 0 Å². The van der Waals surface area contributed by atoms with Gasteiger partial charge in [0.05, 0.1) is 0 Å². The molecule has 0 aromatic carbocycles. The van der Waals surface area contributed by atoms with Gasteiger partial charge in [-0.25, -0.2) is 0 Å². The van der Waals surface area contributed by atoms with Gasteiger partial charge in [0, 0.05) is 39.3 Å². The summed E-state index contributed by atoms with van der Waals surface area (Å²) in [5.41, 5.74) is 5.83. The molecule has 0 bridgehead atoms. The van der Waals surface area contributed by atoms with Crippen LogP contribution in [-0.4, -0.2) is 55.0 Å². The summed E-state index contributed by atoms with van der Waals surface area (Å²) < 4.78 is 0. The zero-order chi connectivity index (χ0) is 13.4. The molecule has 1 aliphatic carbocycles. The van der Waals surface area contributed by atoms with Crippen molar-refractivity contribution in [1.82, 2.24) is 9.80 Å². The first-order valence-electron chi connectivity index (χ1n) is 7.52. The first kappa shape index (κ1) is 15.3. The summed E-state index contributed by atoms with van der Waals surface area (Å²) in [5, 5.41) is 0. The van der Waals surface area contributed by atoms with Crippen molar-refractivity contribution in [2.24, 2.45) is 10.7 Å². The Morgan fingerprint density at radius 2 is 1.56 bits per heavy atom. The van der Waals surface area contributed by atoms with Crippen LogP contribution in [0.25, 0.3) is 0 Å². The Morgan fingerprint density at radius 3 is 2.06 bits per heavy atom. The summed E-state index contributed by atoms with van der Waals surface area (Å²) in [5.74, 6) is 0.697. The maximum atomic E-state index is 5.83. The Balaban J connectivity index is 0.000000771. The number of hydrogen-bond donors (Lipinski definition) is 1. The number of rotatable bonds is 1. The van der Waals surface area contributed by atoms with E-state index < -0.39 is 0 Å². The predicted molar refractivity (Wildman–Crippen MR) is 78.9 cm³/mol. The van der Waals surface area contributed by atoms with Gasteiger partial charge in [0.15, 0.2) is 5.96 Å². The SMILES string of the molecule is CC.CN=C(N)N1CCN(C2CCCCC2)CC1. The predicted octanol–water partition coefficient (Wildman–Crippen LogP) is 1.91. The van der Waals surface area contributed by atoms with E-state index in [-0.39, 0.29) is 0 Å². The molecule has 4 nitrogen and oxygen atoms in total. The van der Waals surface area contributed by atoms with E-state index in [0.717, 1.165) is 32.2 Å². The van der Waals surface area contributed by atoms with Gasteiger partial charge in [-0.05, 0) is 12.8 Å². The molecule has 0 atom stereocenters. The van der Waals surface area contributed by atoms with E-state index in [4.69, 9.17) is 5.73 Å². The lowest BCUT2D eigenvalue weighted by atomic mass is 9.94. The lowest BCUT2D eigenvalue weighted by Gasteiger charge is -2.41. The van der Waals surface area contributed by atoms with Crippen molar-refractivity contribution in [1.29, 1.82) is 0 Å². The van der Waals surface area contributed by atoms with E-state index in [1.165, 1.54) is 32.1 Å². The van der Waals surface area contributed by atoms with Crippen LogP contribution < -0.4 is 5.73 Å². The Labute approximate surface area is 112 Å². The molecule has 0 amide bonds. The van der Waals surface area contributed by atoms with E-state index in [1.54, 1.807) is 7.05 Å². The molecule has 18 heavy (non-hydrogen) atoms. The first-order valence-corrected chi connectivity index (χ1v) is 7.52. The summed E-state index contributed by atoms with van der Waals surface area (Å²) in [7, 11) is 1.77. The van der Waals surface area contributed by atoms with Crippen LogP contribution in [0.5, 0.6) is 0 Å². The van der Waals surface area contributed by atoms with Crippen molar-refractivity contribution in [2.75, 3.05) is 33.2 Å². The molecule has 0 spiro atoms. The van der Waals surface area contributed by atoms with Crippen molar-refractivity contribution >= 4 is 5.96 Å². The minimum absolute atomic E-state index is 0.697. The average Bonchev–Trinajstić information content (AvgIpc) is 2.49. The molecule has 2 N–H and O–H groups in total. The highest BCUT2D eigenvalue weighted by molar-refractivity contribution is 5.77. The summed E-state index contributed by atoms with van der Waals surface area (Å²) in [6, 6.07) is 0.843. The van der Waals surface area contributed by atoms with E-state index in [2.05, 4.69) is 14.8 Å². The van der Waals surface area contributed by atoms with Gasteiger partial charge in [-0.2, -0.15) is 0 Å². The van der Waals surface area contributed by atoms with Gasteiger partial charge in [0.2, 0.25) is 0 Å². The van der Waals surface area contributed by atoms with Crippen LogP contribution >= 0.6 is 0 Å². The van der Waals surface area contributed by atoms with E-state index in [9.17, 15) is 0 Å². The molecule has 0 radical (unpaired) electrons. The lowest BCUT2D eigenvalue weighted by Crippen LogP contribution is -2.54. The number of guanidine groups is 1. The number of nitrogens with two attached hydrogens (primary N) is 1. The summed E-state index contributed by atoms with van der Waals surface area (Å²) in [6.45, 7) is 8.39. The third-order valence-electron chi connectivity index (χ3n) is 3.96. The summed E-state index contributed by atoms with van der Waals surface area (Å²) in [4.78, 5) is 8.90. The van der Waals surface area contributed by atoms with Crippen molar-refractivity contribution in [2.45, 2.75) is 52.0 Å². The van der Waals surface area contributed by atoms with Gasteiger partial charge in [-0.15, -0.1) is 0 Å². The molecule has 1 saturated heterocycles. The molecule has 2 aliphatic rings. The molecule has 0 aromatic rings. The fraction of sp³-hybridized carbons (Fsp3) is 0.929. The van der Waals surface area contributed by atoms with Gasteiger partial charge >= 0.3 is 0 Å². The van der Waals surface area contributed by atoms with E-state index >= 15 is 0 Å². The van der Waals surface area contributed by atoms with E-state index in [1.807, 2.05) is 13.8 Å². The van der Waals surface area contributed by atoms with Gasteiger partial charge in [0.25, 0.3) is 0 Å². The highest BCUT2D eigenvalue weighted by Crippen LogP contribution is 2.23. The van der Waals surface area contributed by atoms with Gasteiger partial charge in [-0.3, -0.25) is 9.89 Å². The molecular formula is C14H30N4. The Morgan fingerprint density at radius 1 is 1.00 bits per heavy atom. The molecule has 0 aromatic heterocycles. The molecular weight excluding hydrogens is 224 g/mol. The van der Waals surface area contributed by atoms with Crippen LogP contribution in [-0.2, 0) is 0 Å². The Bertz CT molecular complexity index is 238. The van der Waals surface area contributed by atoms with Gasteiger partial charge in [0.1, 0.15) is 0 Å². The second-order valence-corrected chi connectivity index (χ2v) is 4.90. The minimum atomic E-state index is 0.697. The van der Waals surface area contributed by atoms with Crippen LogP contribution in [0.3, 0.4) is 0 Å². The van der Waals surface area contributed by atoms with Crippen molar-refractivity contribution in [3.8, 4) is 0 Å². The first-order chi connectivity index (χ1) is 8.81. The fourth-order valence-corrected chi connectivity index (χ4v) is 2.90. The Kier molecular flexibility index (Phi) is 7.09. The fourth-order valence-electron chi connectivity index (χ4n) is 2.90. The van der Waals surface area contributed by atoms with Crippen LogP contribution in [0.2, 0.25) is 0 Å². The zero-order valence-electron chi connectivity index (χ0n) is 12.4. The highest BCUT2D eigenvalue weighted by atomic mass is 15.3. The molecule has 1 heterocycles. The second kappa shape index (κ2) is 8.35. The maximum absolute atomic E-state index is 5.83. The largest absolute Gasteiger partial charge is 0.370 e. The molecule has 4 heteroatoms. The maximum Gasteiger partial charge on any atom is 0.191 e. The van der Waals surface area contributed by atoms with Crippen LogP contribution in [0, 0.1) is 0 Å². The number of hydrogen-bond acceptors (Lipinski definition) is 2. The number of piperazine rings is 1. The van der Waals surface area contributed by atoms with Gasteiger partial charge < -0.3 is 10.6 Å². The third-order valence-corrected chi connectivity index (χ3v) is 3.96. The minimum Gasteiger partial charge on any atom is -0.370 e. The summed E-state index contributed by atoms with van der Waals surface area (Å²) >= 11 is 0. The second-order valence-electron chi connectivity index (χ2n) is 4.90. The molecule has 0 unspecified atom stereocenters. The molecule has 1 aliphatic heterocycles. The lowest BCUT2D eigenvalue weighted by molar-refractivity contribution is 0.107. The quantitative estimate of drug-likeness (QED) is 0.574. The average molecular weight is 254 g/mol. The standard InChI is InChI=1S/C12H24N4.C2H6/c1-14-12(13)16-9-7-15(8-10-16)11-5-3-2-4-6-11;1-2/h11H,2-10H2,1H3,(H2,13,14);1-2H3. The third kappa shape index (κ3) is 4.16. The number of nitrogens with zero attached hydrogens (tertiary/aromatic N) is 3. The molecule has 106 valence electrons. The van der Waals surface area contributed by atoms with Crippen LogP contribution in [0.4, 0.5) is 0 Å². The highest BCUT2D eigenvalue weighted by Gasteiger charge is 2.25. The number of aliphatic imine (C=N–C) groups is 1. The smallest absolute Gasteiger partial charge is 0.191 e. The summed E-state index contributed by atoms with van der Waals surface area (Å²) in [6.07, 6.45) is 7.08. The zero-order valence-corrected chi connectivity index (χ0v) is 12.4. The van der Waals surface area contributed by atoms with Crippen molar-refractivity contribution < 1.29 is 0 Å². The monoisotopic (exact) mass is 254 g/mol. The van der Waals surface area contributed by atoms with Crippen molar-refractivity contribution in [3.05, 3.63) is 0 Å². The van der Waals surface area contributed by atoms with E-state index in [0.29, 0.717) is 5.96 Å². The van der Waals surface area contributed by atoms with Crippen LogP contribution in [0.1, 0.15) is 46.0 Å². The molecule has 1 saturated carbocycles. The van der Waals surface area contributed by atoms with Crippen LogP contribution in [0.15, 0.2) is 4.99 Å². The Hall–Kier alpha value is -0.770. The topological polar surface area (TPSA) is 44.9 Å². The molecule has 2 fully saturated rings. The van der Waals surface area contributed by atoms with Gasteiger partial charge in [-0.1, -0.05) is 33.1 Å². The normalized spacial score (nSPS) is 23.5.